The van der Waals surface area contributed by atoms with E-state index in [0.29, 0.717) is 59.9 Å². The van der Waals surface area contributed by atoms with Gasteiger partial charge in [0.25, 0.3) is 11.8 Å². The molecule has 0 unspecified atom stereocenters. The van der Waals surface area contributed by atoms with Gasteiger partial charge in [-0.2, -0.15) is 0 Å². The van der Waals surface area contributed by atoms with E-state index in [-0.39, 0.29) is 28.9 Å². The summed E-state index contributed by atoms with van der Waals surface area (Å²) in [7, 11) is 0. The number of carboxylic acids is 1. The molecule has 0 radical (unpaired) electrons. The number of pyridine rings is 1. The van der Waals surface area contributed by atoms with Crippen LogP contribution in [0.1, 0.15) is 60.7 Å². The molecule has 2 aliphatic heterocycles. The highest BCUT2D eigenvalue weighted by atomic mass is 35.5. The molecule has 1 aromatic heterocycles. The van der Waals surface area contributed by atoms with Crippen molar-refractivity contribution in [3.8, 4) is 0 Å². The number of hydrogen-bond donors (Lipinski definition) is 1. The quantitative estimate of drug-likeness (QED) is 0.522. The van der Waals surface area contributed by atoms with Gasteiger partial charge in [0.15, 0.2) is 0 Å². The SMILES string of the molecule is Cc1cc(C(=O)N2CCC3(CC2)CN(C(=O)c2ccc(Cl)cn2)c2ccc(F)cc23)cc(C)c1C(=O)O. The Hall–Kier alpha value is -3.78. The molecule has 2 amide bonds. The number of aryl methyl sites for hydroxylation is 2. The molecule has 0 saturated carbocycles. The first-order chi connectivity index (χ1) is 17.6. The minimum atomic E-state index is -1.02. The maximum Gasteiger partial charge on any atom is 0.336 e. The number of likely N-dealkylation sites (tertiary alicyclic amines) is 1. The lowest BCUT2D eigenvalue weighted by Gasteiger charge is -2.40. The molecular weight excluding hydrogens is 497 g/mol. The van der Waals surface area contributed by atoms with Crippen LogP contribution in [0.4, 0.5) is 10.1 Å². The van der Waals surface area contributed by atoms with Crippen molar-refractivity contribution >= 4 is 35.1 Å². The number of anilines is 1. The van der Waals surface area contributed by atoms with E-state index in [0.717, 1.165) is 5.56 Å². The molecule has 0 atom stereocenters. The molecule has 0 bridgehead atoms. The van der Waals surface area contributed by atoms with Gasteiger partial charge in [0.1, 0.15) is 11.5 Å². The lowest BCUT2D eigenvalue weighted by atomic mass is 9.74. The third kappa shape index (κ3) is 4.35. The van der Waals surface area contributed by atoms with Gasteiger partial charge in [-0.15, -0.1) is 0 Å². The smallest absolute Gasteiger partial charge is 0.336 e. The van der Waals surface area contributed by atoms with Gasteiger partial charge in [0, 0.05) is 42.5 Å². The van der Waals surface area contributed by atoms with Crippen LogP contribution in [0.25, 0.3) is 0 Å². The van der Waals surface area contributed by atoms with Crippen LogP contribution in [-0.2, 0) is 5.41 Å². The second kappa shape index (κ2) is 9.27. The first kappa shape index (κ1) is 24.9. The Kier molecular flexibility index (Phi) is 6.23. The summed E-state index contributed by atoms with van der Waals surface area (Å²) in [6.45, 7) is 4.58. The molecule has 3 aromatic rings. The van der Waals surface area contributed by atoms with Gasteiger partial charge >= 0.3 is 5.97 Å². The van der Waals surface area contributed by atoms with E-state index in [4.69, 9.17) is 11.6 Å². The molecule has 190 valence electrons. The van der Waals surface area contributed by atoms with Crippen molar-refractivity contribution in [1.29, 1.82) is 0 Å². The average Bonchev–Trinajstić information content (AvgIpc) is 3.16. The number of carbonyl (C=O) groups excluding carboxylic acids is 2. The molecule has 2 aromatic carbocycles. The van der Waals surface area contributed by atoms with Crippen molar-refractivity contribution in [3.63, 3.8) is 0 Å². The molecule has 1 saturated heterocycles. The molecule has 9 heteroatoms. The molecule has 2 aliphatic rings. The number of aromatic carboxylic acids is 1. The Morgan fingerprint density at radius 3 is 2.27 bits per heavy atom. The van der Waals surface area contributed by atoms with Crippen LogP contribution >= 0.6 is 11.6 Å². The zero-order valence-corrected chi connectivity index (χ0v) is 21.2. The van der Waals surface area contributed by atoms with E-state index < -0.39 is 11.4 Å². The van der Waals surface area contributed by atoms with Gasteiger partial charge in [0.05, 0.1) is 10.6 Å². The molecule has 5 rings (SSSR count). The Labute approximate surface area is 218 Å². The molecule has 3 heterocycles. The van der Waals surface area contributed by atoms with E-state index in [1.54, 1.807) is 54.0 Å². The fourth-order valence-electron chi connectivity index (χ4n) is 5.64. The van der Waals surface area contributed by atoms with Crippen LogP contribution in [0.2, 0.25) is 5.02 Å². The van der Waals surface area contributed by atoms with Crippen LogP contribution in [0, 0.1) is 19.7 Å². The highest BCUT2D eigenvalue weighted by Crippen LogP contribution is 2.48. The Bertz CT molecular complexity index is 1410. The monoisotopic (exact) mass is 521 g/mol. The van der Waals surface area contributed by atoms with Crippen LogP contribution < -0.4 is 4.90 Å². The van der Waals surface area contributed by atoms with Crippen LogP contribution in [0.5, 0.6) is 0 Å². The van der Waals surface area contributed by atoms with Gasteiger partial charge in [0.2, 0.25) is 0 Å². The topological polar surface area (TPSA) is 90.8 Å². The minimum Gasteiger partial charge on any atom is -0.478 e. The Morgan fingerprint density at radius 1 is 1.00 bits per heavy atom. The number of carbonyl (C=O) groups is 3. The average molecular weight is 522 g/mol. The lowest BCUT2D eigenvalue weighted by molar-refractivity contribution is 0.0664. The van der Waals surface area contributed by atoms with Crippen LogP contribution in [-0.4, -0.2) is 52.4 Å². The fraction of sp³-hybridized carbons (Fsp3) is 0.286. The van der Waals surface area contributed by atoms with Gasteiger partial charge in [-0.3, -0.25) is 9.59 Å². The summed E-state index contributed by atoms with van der Waals surface area (Å²) in [5.74, 6) is -1.85. The summed E-state index contributed by atoms with van der Waals surface area (Å²) in [6.07, 6.45) is 2.53. The summed E-state index contributed by atoms with van der Waals surface area (Å²) in [4.78, 5) is 45.7. The third-order valence-corrected chi connectivity index (χ3v) is 7.70. The number of halogens is 2. The molecule has 1 N–H and O–H groups in total. The molecule has 0 aliphatic carbocycles. The van der Waals surface area contributed by atoms with E-state index >= 15 is 0 Å². The standard InChI is InChI=1S/C28H25ClFN3O4/c1-16-11-18(12-17(2)24(16)27(36)37)25(34)32-9-7-28(8-10-32)15-33(23-6-4-20(30)13-21(23)28)26(35)22-5-3-19(29)14-31-22/h3-6,11-14H,7-10,15H2,1-2H3,(H,36,37). The van der Waals surface area contributed by atoms with Crippen molar-refractivity contribution in [3.05, 3.63) is 93.0 Å². The largest absolute Gasteiger partial charge is 0.478 e. The molecule has 1 spiro atoms. The van der Waals surface area contributed by atoms with Crippen molar-refractivity contribution in [2.45, 2.75) is 32.1 Å². The number of rotatable bonds is 3. The van der Waals surface area contributed by atoms with Crippen molar-refractivity contribution in [1.82, 2.24) is 9.88 Å². The predicted molar refractivity (Wildman–Crippen MR) is 137 cm³/mol. The third-order valence-electron chi connectivity index (χ3n) is 7.47. The number of amides is 2. The van der Waals surface area contributed by atoms with E-state index in [9.17, 15) is 23.9 Å². The van der Waals surface area contributed by atoms with E-state index in [1.165, 1.54) is 18.3 Å². The fourth-order valence-corrected chi connectivity index (χ4v) is 5.75. The molecule has 37 heavy (non-hydrogen) atoms. The zero-order chi connectivity index (χ0) is 26.5. The second-order valence-corrected chi connectivity index (χ2v) is 10.2. The van der Waals surface area contributed by atoms with Crippen molar-refractivity contribution < 1.29 is 23.9 Å². The maximum atomic E-state index is 14.3. The number of aromatic nitrogens is 1. The van der Waals surface area contributed by atoms with E-state index in [1.807, 2.05) is 0 Å². The lowest BCUT2D eigenvalue weighted by Crippen LogP contribution is -2.48. The highest BCUT2D eigenvalue weighted by molar-refractivity contribution is 6.30. The predicted octanol–water partition coefficient (Wildman–Crippen LogP) is 5.02. The zero-order valence-electron chi connectivity index (χ0n) is 20.4. The van der Waals surface area contributed by atoms with Gasteiger partial charge in [-0.1, -0.05) is 11.6 Å². The number of fused-ring (bicyclic) bond motifs is 2. The number of benzene rings is 2. The second-order valence-electron chi connectivity index (χ2n) is 9.78. The summed E-state index contributed by atoms with van der Waals surface area (Å²) < 4.78 is 14.3. The van der Waals surface area contributed by atoms with Crippen LogP contribution in [0.3, 0.4) is 0 Å². The van der Waals surface area contributed by atoms with Crippen molar-refractivity contribution in [2.75, 3.05) is 24.5 Å². The summed E-state index contributed by atoms with van der Waals surface area (Å²) >= 11 is 5.93. The summed E-state index contributed by atoms with van der Waals surface area (Å²) in [5.41, 5.74) is 2.90. The van der Waals surface area contributed by atoms with Crippen molar-refractivity contribution in [2.24, 2.45) is 0 Å². The number of nitrogens with zero attached hydrogens (tertiary/aromatic N) is 3. The molecular formula is C28H25ClFN3O4. The number of piperidine rings is 1. The Balaban J connectivity index is 1.39. The highest BCUT2D eigenvalue weighted by Gasteiger charge is 2.47. The number of hydrogen-bond acceptors (Lipinski definition) is 4. The van der Waals surface area contributed by atoms with Gasteiger partial charge in [-0.05, 0) is 85.8 Å². The number of carboxylic acid groups (broad SMARTS) is 1. The van der Waals surface area contributed by atoms with Gasteiger partial charge in [-0.25, -0.2) is 14.2 Å². The first-order valence-electron chi connectivity index (χ1n) is 12.0. The Morgan fingerprint density at radius 2 is 1.68 bits per heavy atom. The van der Waals surface area contributed by atoms with Gasteiger partial charge < -0.3 is 14.9 Å². The van der Waals surface area contributed by atoms with E-state index in [2.05, 4.69) is 4.98 Å². The summed E-state index contributed by atoms with van der Waals surface area (Å²) in [5, 5.41) is 9.86. The molecule has 7 nitrogen and oxygen atoms in total. The minimum absolute atomic E-state index is 0.172. The first-order valence-corrected chi connectivity index (χ1v) is 12.3. The normalized spacial score (nSPS) is 16.1. The molecule has 1 fully saturated rings. The maximum absolute atomic E-state index is 14.3. The summed E-state index contributed by atoms with van der Waals surface area (Å²) in [6, 6.07) is 10.9. The van der Waals surface area contributed by atoms with Crippen LogP contribution in [0.15, 0.2) is 48.7 Å².